The number of nitrogens with zero attached hydrogens (tertiary/aromatic N) is 1. The van der Waals surface area contributed by atoms with Crippen LogP contribution in [0.2, 0.25) is 0 Å². The molecule has 0 saturated heterocycles. The lowest BCUT2D eigenvalue weighted by atomic mass is 10.2. The van der Waals surface area contributed by atoms with Crippen LogP contribution in [0, 0.1) is 0 Å². The molecule has 0 fully saturated rings. The first kappa shape index (κ1) is 14.4. The van der Waals surface area contributed by atoms with E-state index < -0.39 is 10.4 Å². The van der Waals surface area contributed by atoms with Crippen molar-refractivity contribution in [2.75, 3.05) is 14.2 Å². The normalized spacial score (nSPS) is 10.6. The molecule has 0 N–H and O–H groups in total. The molecular formula is C11H13NO5S. The number of rotatable bonds is 2. The van der Waals surface area contributed by atoms with Crippen molar-refractivity contribution >= 4 is 21.3 Å². The second kappa shape index (κ2) is 6.29. The Labute approximate surface area is 105 Å². The van der Waals surface area contributed by atoms with E-state index in [1.165, 1.54) is 5.39 Å². The zero-order valence-electron chi connectivity index (χ0n) is 9.94. The smallest absolute Gasteiger partial charge is 0.264 e. The van der Waals surface area contributed by atoms with Crippen molar-refractivity contribution in [2.45, 2.75) is 0 Å². The molecule has 0 aliphatic carbocycles. The fraction of sp³-hybridized carbons (Fsp3) is 0.182. The van der Waals surface area contributed by atoms with Gasteiger partial charge in [0.25, 0.3) is 5.52 Å². The maximum atomic E-state index is 9.22. The summed E-state index contributed by atoms with van der Waals surface area (Å²) in [6.45, 7) is 0. The van der Waals surface area contributed by atoms with Crippen molar-refractivity contribution in [1.82, 2.24) is 0 Å². The van der Waals surface area contributed by atoms with Gasteiger partial charge in [-0.05, 0) is 12.1 Å². The average molecular weight is 271 g/mol. The van der Waals surface area contributed by atoms with Gasteiger partial charge in [-0.1, -0.05) is 12.1 Å². The van der Waals surface area contributed by atoms with Crippen LogP contribution < -0.4 is 9.57 Å². The first-order chi connectivity index (χ1) is 8.48. The van der Waals surface area contributed by atoms with Gasteiger partial charge >= 0.3 is 0 Å². The minimum absolute atomic E-state index is 0.808. The fourth-order valence-electron chi connectivity index (χ4n) is 1.29. The molecule has 18 heavy (non-hydrogen) atoms. The van der Waals surface area contributed by atoms with Gasteiger partial charge in [0, 0.05) is 16.9 Å². The van der Waals surface area contributed by atoms with Crippen LogP contribution in [0.5, 0.6) is 0 Å². The van der Waals surface area contributed by atoms with Gasteiger partial charge in [-0.25, -0.2) is 8.42 Å². The summed E-state index contributed by atoms with van der Waals surface area (Å²) in [4.78, 5) is 5.14. The first-order valence-electron chi connectivity index (χ1n) is 4.93. The topological polar surface area (TPSA) is 79.5 Å². The van der Waals surface area contributed by atoms with E-state index in [0.29, 0.717) is 0 Å². The summed E-state index contributed by atoms with van der Waals surface area (Å²) in [5.74, 6) is 0. The molecule has 0 unspecified atom stereocenters. The van der Waals surface area contributed by atoms with Gasteiger partial charge in [0.05, 0.1) is 12.5 Å². The van der Waals surface area contributed by atoms with Crippen LogP contribution in [-0.4, -0.2) is 27.2 Å². The number of hydrogen-bond donors (Lipinski definition) is 0. The second-order valence-corrected chi connectivity index (χ2v) is 4.30. The molecule has 0 aliphatic rings. The Bertz CT molecular complexity index is 606. The van der Waals surface area contributed by atoms with Gasteiger partial charge < -0.3 is 4.55 Å². The molecule has 7 heteroatoms. The lowest BCUT2D eigenvalue weighted by molar-refractivity contribution is -0.865. The number of para-hydroxylation sites is 1. The maximum absolute atomic E-state index is 9.22. The summed E-state index contributed by atoms with van der Waals surface area (Å²) >= 11 is 0. The third kappa shape index (κ3) is 4.28. The number of benzene rings is 1. The highest BCUT2D eigenvalue weighted by atomic mass is 32.3. The Balaban J connectivity index is 0.000000232. The molecule has 1 aromatic carbocycles. The highest BCUT2D eigenvalue weighted by Gasteiger charge is 2.05. The van der Waals surface area contributed by atoms with Gasteiger partial charge in [-0.3, -0.25) is 9.02 Å². The Morgan fingerprint density at radius 3 is 2.22 bits per heavy atom. The predicted molar refractivity (Wildman–Crippen MR) is 63.4 cm³/mol. The quantitative estimate of drug-likeness (QED) is 0.445. The van der Waals surface area contributed by atoms with Crippen LogP contribution in [-0.2, 0) is 14.6 Å². The molecule has 0 saturated carbocycles. The number of fused-ring (bicyclic) bond motifs is 1. The Kier molecular flexibility index (Phi) is 5.02. The van der Waals surface area contributed by atoms with E-state index >= 15 is 0 Å². The third-order valence-electron chi connectivity index (χ3n) is 2.07. The first-order valence-corrected chi connectivity index (χ1v) is 6.26. The number of aromatic nitrogens is 1. The summed E-state index contributed by atoms with van der Waals surface area (Å²) in [5, 5.41) is 1.18. The summed E-state index contributed by atoms with van der Waals surface area (Å²) in [6.07, 6.45) is 1.89. The summed E-state index contributed by atoms with van der Waals surface area (Å²) in [5.41, 5.74) is 1.09. The molecule has 0 aliphatic heterocycles. The molecule has 6 nitrogen and oxygen atoms in total. The Hall–Kier alpha value is -1.70. The summed E-state index contributed by atoms with van der Waals surface area (Å²) in [7, 11) is -1.94. The lowest BCUT2D eigenvalue weighted by Gasteiger charge is -1.98. The molecule has 2 rings (SSSR count). The Morgan fingerprint density at radius 2 is 1.67 bits per heavy atom. The van der Waals surface area contributed by atoms with Crippen LogP contribution >= 0.6 is 0 Å². The van der Waals surface area contributed by atoms with E-state index in [-0.39, 0.29) is 0 Å². The SMILES string of the molecule is COS(=O)(=O)[O-].CO[n+]1cccc2ccccc21. The average Bonchev–Trinajstić information content (AvgIpc) is 2.38. The summed E-state index contributed by atoms with van der Waals surface area (Å²) in [6, 6.07) is 12.1. The molecule has 0 spiro atoms. The zero-order chi connectivity index (χ0) is 13.6. The van der Waals surface area contributed by atoms with Gasteiger partial charge in [0.2, 0.25) is 16.6 Å². The van der Waals surface area contributed by atoms with Crippen LogP contribution in [0.1, 0.15) is 0 Å². The van der Waals surface area contributed by atoms with E-state index in [4.69, 9.17) is 4.84 Å². The molecule has 0 amide bonds. The van der Waals surface area contributed by atoms with Crippen molar-refractivity contribution in [3.8, 4) is 0 Å². The molecule has 1 aromatic heterocycles. The molecule has 1 heterocycles. The van der Waals surface area contributed by atoms with E-state index in [0.717, 1.165) is 12.6 Å². The van der Waals surface area contributed by atoms with Crippen molar-refractivity contribution in [2.24, 2.45) is 0 Å². The largest absolute Gasteiger partial charge is 0.726 e. The van der Waals surface area contributed by atoms with Gasteiger partial charge in [-0.15, -0.1) is 0 Å². The minimum Gasteiger partial charge on any atom is -0.726 e. The highest BCUT2D eigenvalue weighted by molar-refractivity contribution is 7.80. The second-order valence-electron chi connectivity index (χ2n) is 3.15. The zero-order valence-corrected chi connectivity index (χ0v) is 10.8. The Morgan fingerprint density at radius 1 is 1.11 bits per heavy atom. The molecule has 98 valence electrons. The molecular weight excluding hydrogens is 258 g/mol. The van der Waals surface area contributed by atoms with E-state index in [1.54, 1.807) is 11.8 Å². The predicted octanol–water partition coefficient (Wildman–Crippen LogP) is 0.279. The minimum atomic E-state index is -4.41. The highest BCUT2D eigenvalue weighted by Crippen LogP contribution is 2.06. The van der Waals surface area contributed by atoms with Crippen LogP contribution in [0.3, 0.4) is 0 Å². The number of pyridine rings is 1. The van der Waals surface area contributed by atoms with Crippen LogP contribution in [0.4, 0.5) is 0 Å². The fourth-order valence-corrected chi connectivity index (χ4v) is 1.29. The van der Waals surface area contributed by atoms with Crippen molar-refractivity contribution in [1.29, 1.82) is 0 Å². The van der Waals surface area contributed by atoms with Crippen LogP contribution in [0.15, 0.2) is 42.6 Å². The molecule has 2 aromatic rings. The molecule has 0 radical (unpaired) electrons. The van der Waals surface area contributed by atoms with Crippen molar-refractivity contribution in [3.63, 3.8) is 0 Å². The summed E-state index contributed by atoms with van der Waals surface area (Å²) < 4.78 is 32.8. The van der Waals surface area contributed by atoms with Gasteiger partial charge in [0.15, 0.2) is 0 Å². The number of hydrogen-bond acceptors (Lipinski definition) is 5. The lowest BCUT2D eigenvalue weighted by Crippen LogP contribution is -2.40. The molecule has 0 atom stereocenters. The third-order valence-corrected chi connectivity index (χ3v) is 2.48. The standard InChI is InChI=1S/C10H10NO.CH4O4S/c1-12-11-8-4-6-9-5-2-3-7-10(9)11;1-5-6(2,3)4/h2-8H,1H3;1H3,(H,2,3,4)/q+1;/p-1. The van der Waals surface area contributed by atoms with Gasteiger partial charge in [-0.2, -0.15) is 0 Å². The molecule has 0 bridgehead atoms. The van der Waals surface area contributed by atoms with Crippen LogP contribution in [0.25, 0.3) is 10.9 Å². The van der Waals surface area contributed by atoms with Crippen molar-refractivity contribution in [3.05, 3.63) is 42.6 Å². The van der Waals surface area contributed by atoms with E-state index in [9.17, 15) is 13.0 Å². The monoisotopic (exact) mass is 271 g/mol. The van der Waals surface area contributed by atoms with Gasteiger partial charge in [0.1, 0.15) is 7.11 Å². The van der Waals surface area contributed by atoms with E-state index in [1.807, 2.05) is 30.5 Å². The maximum Gasteiger partial charge on any atom is 0.264 e. The van der Waals surface area contributed by atoms with E-state index in [2.05, 4.69) is 16.3 Å². The van der Waals surface area contributed by atoms with Crippen molar-refractivity contribution < 1.29 is 26.7 Å².